The molecular formula is C23H20N2O6S. The van der Waals surface area contributed by atoms with Gasteiger partial charge in [0.05, 0.1) is 29.3 Å². The quantitative estimate of drug-likeness (QED) is 0.608. The second kappa shape index (κ2) is 7.37. The number of nitrogens with zero attached hydrogens (tertiary/aromatic N) is 2. The number of carbonyl (C=O) groups is 1. The topological polar surface area (TPSA) is 99.9 Å². The van der Waals surface area contributed by atoms with E-state index in [4.69, 9.17) is 14.2 Å². The number of ether oxygens (including phenoxy) is 3. The molecule has 3 aromatic rings. The molecule has 1 unspecified atom stereocenters. The first-order valence-electron chi connectivity index (χ1n) is 10.6. The third-order valence-corrected chi connectivity index (χ3v) is 6.95. The van der Waals surface area contributed by atoms with Crippen LogP contribution < -0.4 is 19.6 Å². The summed E-state index contributed by atoms with van der Waals surface area (Å²) in [6.45, 7) is 1.13. The molecule has 1 N–H and O–H groups in total. The molecule has 8 nitrogen and oxygen atoms in total. The van der Waals surface area contributed by atoms with Crippen LogP contribution >= 0.6 is 11.3 Å². The number of benzene rings is 1. The van der Waals surface area contributed by atoms with Crippen LogP contribution in [0.2, 0.25) is 0 Å². The van der Waals surface area contributed by atoms with Crippen LogP contribution in [0.25, 0.3) is 11.3 Å². The van der Waals surface area contributed by atoms with Crippen LogP contribution in [0, 0.1) is 5.92 Å². The van der Waals surface area contributed by atoms with E-state index in [1.807, 2.05) is 6.07 Å². The molecule has 4 heterocycles. The van der Waals surface area contributed by atoms with Crippen molar-refractivity contribution >= 4 is 17.3 Å². The SMILES string of the molecule is O=C(O)c1cn2c(cc1=O)-c1c(cc(OCCC3CC3)c3c1CCO3)OC2c1cncs1. The van der Waals surface area contributed by atoms with Crippen molar-refractivity contribution in [3.63, 3.8) is 0 Å². The number of hydrogen-bond donors (Lipinski definition) is 1. The van der Waals surface area contributed by atoms with Gasteiger partial charge in [0.2, 0.25) is 6.23 Å². The van der Waals surface area contributed by atoms with Gasteiger partial charge >= 0.3 is 5.97 Å². The normalized spacial score (nSPS) is 18.2. The van der Waals surface area contributed by atoms with Crippen LogP contribution in [0.3, 0.4) is 0 Å². The highest BCUT2D eigenvalue weighted by Gasteiger charge is 2.35. The number of carboxylic acid groups (broad SMARTS) is 1. The number of fused-ring (bicyclic) bond motifs is 5. The first-order valence-corrected chi connectivity index (χ1v) is 11.5. The van der Waals surface area contributed by atoms with E-state index in [0.717, 1.165) is 28.3 Å². The van der Waals surface area contributed by atoms with E-state index in [9.17, 15) is 14.7 Å². The van der Waals surface area contributed by atoms with Gasteiger partial charge in [0, 0.05) is 42.1 Å². The van der Waals surface area contributed by atoms with E-state index >= 15 is 0 Å². The Bertz CT molecular complexity index is 1280. The highest BCUT2D eigenvalue weighted by Crippen LogP contribution is 2.51. The zero-order chi connectivity index (χ0) is 21.8. The maximum atomic E-state index is 12.6. The molecule has 0 bridgehead atoms. The van der Waals surface area contributed by atoms with Crippen molar-refractivity contribution in [1.82, 2.24) is 9.55 Å². The maximum Gasteiger partial charge on any atom is 0.341 e. The lowest BCUT2D eigenvalue weighted by Gasteiger charge is -2.32. The van der Waals surface area contributed by atoms with Crippen LogP contribution in [0.15, 0.2) is 34.8 Å². The minimum atomic E-state index is -1.27. The van der Waals surface area contributed by atoms with E-state index in [0.29, 0.717) is 42.6 Å². The molecule has 0 radical (unpaired) electrons. The number of carboxylic acids is 1. The van der Waals surface area contributed by atoms with Gasteiger partial charge in [0.25, 0.3) is 0 Å². The standard InChI is InChI=1S/C23H20N2O6S/c26-16-7-15-20-13-4-6-30-21(13)18(29-5-3-12-1-2-12)8-17(20)31-22(19-9-24-11-32-19)25(15)10-14(16)23(27)28/h7-12,22H,1-6H2,(H,27,28). The van der Waals surface area contributed by atoms with Crippen LogP contribution in [-0.2, 0) is 6.42 Å². The van der Waals surface area contributed by atoms with E-state index in [1.54, 1.807) is 16.3 Å². The third kappa shape index (κ3) is 3.15. The highest BCUT2D eigenvalue weighted by molar-refractivity contribution is 7.09. The Morgan fingerprint density at radius 2 is 2.22 bits per heavy atom. The monoisotopic (exact) mass is 452 g/mol. The molecule has 9 heteroatoms. The molecule has 0 amide bonds. The Labute approximate surface area is 187 Å². The Morgan fingerprint density at radius 3 is 2.97 bits per heavy atom. The number of aromatic nitrogens is 2. The van der Waals surface area contributed by atoms with Gasteiger partial charge < -0.3 is 23.9 Å². The summed E-state index contributed by atoms with van der Waals surface area (Å²) in [5.74, 6) is 1.41. The second-order valence-electron chi connectivity index (χ2n) is 8.26. The van der Waals surface area contributed by atoms with Crippen molar-refractivity contribution < 1.29 is 24.1 Å². The fourth-order valence-electron chi connectivity index (χ4n) is 4.37. The average Bonchev–Trinajstić information content (AvgIpc) is 3.23. The van der Waals surface area contributed by atoms with Crippen molar-refractivity contribution in [2.24, 2.45) is 5.92 Å². The summed E-state index contributed by atoms with van der Waals surface area (Å²) in [5, 5.41) is 9.50. The molecule has 1 atom stereocenters. The minimum absolute atomic E-state index is 0.303. The van der Waals surface area contributed by atoms with Crippen LogP contribution in [0.1, 0.15) is 46.3 Å². The fraction of sp³-hybridized carbons (Fsp3) is 0.348. The molecule has 2 aliphatic heterocycles. The summed E-state index contributed by atoms with van der Waals surface area (Å²) in [5.41, 5.74) is 3.12. The highest BCUT2D eigenvalue weighted by atomic mass is 32.1. The fourth-order valence-corrected chi connectivity index (χ4v) is 5.01. The predicted molar refractivity (Wildman–Crippen MR) is 116 cm³/mol. The average molecular weight is 452 g/mol. The molecule has 164 valence electrons. The van der Waals surface area contributed by atoms with Gasteiger partial charge in [-0.05, 0) is 12.3 Å². The lowest BCUT2D eigenvalue weighted by atomic mass is 9.97. The Kier molecular flexibility index (Phi) is 4.46. The van der Waals surface area contributed by atoms with Gasteiger partial charge in [-0.25, -0.2) is 4.79 Å². The zero-order valence-electron chi connectivity index (χ0n) is 17.1. The first-order chi connectivity index (χ1) is 15.6. The first kappa shape index (κ1) is 19.4. The number of hydrogen-bond acceptors (Lipinski definition) is 7. The molecular weight excluding hydrogens is 432 g/mol. The Hall–Kier alpha value is -3.33. The molecule has 1 aromatic carbocycles. The summed E-state index contributed by atoms with van der Waals surface area (Å²) in [6, 6.07) is 3.21. The summed E-state index contributed by atoms with van der Waals surface area (Å²) < 4.78 is 20.1. The lowest BCUT2D eigenvalue weighted by molar-refractivity contribution is 0.0693. The minimum Gasteiger partial charge on any atom is -0.490 e. The van der Waals surface area contributed by atoms with Crippen molar-refractivity contribution in [3.8, 4) is 28.5 Å². The number of thiazole rings is 1. The van der Waals surface area contributed by atoms with Gasteiger partial charge in [-0.3, -0.25) is 9.78 Å². The van der Waals surface area contributed by atoms with Gasteiger partial charge in [0.1, 0.15) is 11.3 Å². The van der Waals surface area contributed by atoms with E-state index < -0.39 is 17.6 Å². The Balaban J connectivity index is 1.51. The van der Waals surface area contributed by atoms with Crippen molar-refractivity contribution in [2.45, 2.75) is 31.9 Å². The van der Waals surface area contributed by atoms with E-state index in [1.165, 1.54) is 36.4 Å². The summed E-state index contributed by atoms with van der Waals surface area (Å²) >= 11 is 1.40. The van der Waals surface area contributed by atoms with E-state index in [-0.39, 0.29) is 5.56 Å². The van der Waals surface area contributed by atoms with Crippen molar-refractivity contribution in [1.29, 1.82) is 0 Å². The van der Waals surface area contributed by atoms with E-state index in [2.05, 4.69) is 4.98 Å². The van der Waals surface area contributed by atoms with Gasteiger partial charge in [-0.1, -0.05) is 12.8 Å². The van der Waals surface area contributed by atoms with Gasteiger partial charge in [0.15, 0.2) is 16.9 Å². The molecule has 32 heavy (non-hydrogen) atoms. The van der Waals surface area contributed by atoms with Crippen LogP contribution in [0.4, 0.5) is 0 Å². The predicted octanol–water partition coefficient (Wildman–Crippen LogP) is 3.72. The summed E-state index contributed by atoms with van der Waals surface area (Å²) in [4.78, 5) is 29.2. The molecule has 0 spiro atoms. The zero-order valence-corrected chi connectivity index (χ0v) is 17.9. The lowest BCUT2D eigenvalue weighted by Crippen LogP contribution is -2.27. The van der Waals surface area contributed by atoms with Gasteiger partial charge in [-0.2, -0.15) is 0 Å². The van der Waals surface area contributed by atoms with Crippen LogP contribution in [0.5, 0.6) is 17.2 Å². The summed E-state index contributed by atoms with van der Waals surface area (Å²) in [7, 11) is 0. The molecule has 6 rings (SSSR count). The van der Waals surface area contributed by atoms with Crippen molar-refractivity contribution in [2.75, 3.05) is 13.2 Å². The molecule has 1 aliphatic carbocycles. The molecule has 0 saturated heterocycles. The van der Waals surface area contributed by atoms with Crippen LogP contribution in [-0.4, -0.2) is 33.8 Å². The smallest absolute Gasteiger partial charge is 0.341 e. The van der Waals surface area contributed by atoms with Crippen molar-refractivity contribution in [3.05, 3.63) is 56.3 Å². The maximum absolute atomic E-state index is 12.6. The number of aromatic carboxylic acids is 1. The Morgan fingerprint density at radius 1 is 1.34 bits per heavy atom. The molecule has 1 saturated carbocycles. The second-order valence-corrected chi connectivity index (χ2v) is 9.18. The van der Waals surface area contributed by atoms with Gasteiger partial charge in [-0.15, -0.1) is 11.3 Å². The number of pyridine rings is 1. The molecule has 2 aromatic heterocycles. The third-order valence-electron chi connectivity index (χ3n) is 6.14. The summed E-state index contributed by atoms with van der Waals surface area (Å²) in [6.07, 6.45) is 6.62. The number of rotatable bonds is 6. The largest absolute Gasteiger partial charge is 0.490 e. The molecule has 1 fully saturated rings. The molecule has 3 aliphatic rings.